The van der Waals surface area contributed by atoms with Crippen molar-refractivity contribution in [2.24, 2.45) is 0 Å². The van der Waals surface area contributed by atoms with Crippen molar-refractivity contribution < 1.29 is 72.6 Å². The topological polar surface area (TPSA) is 240 Å². The van der Waals surface area contributed by atoms with Crippen LogP contribution in [0, 0.1) is 12.0 Å². The molecule has 74 heavy (non-hydrogen) atoms. The van der Waals surface area contributed by atoms with Gasteiger partial charge in [0.15, 0.2) is 6.11 Å². The molecule has 2 heterocycles. The number of esters is 1. The maximum absolute atomic E-state index is 11.8. The first-order chi connectivity index (χ1) is 35.7. The molecule has 0 saturated heterocycles. The summed E-state index contributed by atoms with van der Waals surface area (Å²) in [7, 11) is 1.57. The number of allylic oxidation sites excluding steroid dienone is 1. The van der Waals surface area contributed by atoms with E-state index in [-0.39, 0.29) is 46.3 Å². The summed E-state index contributed by atoms with van der Waals surface area (Å²) in [5, 5.41) is 38.9. The van der Waals surface area contributed by atoms with Gasteiger partial charge in [-0.2, -0.15) is 9.78 Å². The molecule has 5 rings (SSSR count). The number of aromatic hydroxyl groups is 3. The van der Waals surface area contributed by atoms with Crippen molar-refractivity contribution in [2.45, 2.75) is 145 Å². The van der Waals surface area contributed by atoms with Crippen LogP contribution in [-0.2, 0) is 48.3 Å². The number of hydrogen-bond donors (Lipinski definition) is 4. The minimum absolute atomic E-state index is 0.112. The van der Waals surface area contributed by atoms with E-state index in [1.165, 1.54) is 62.6 Å². The first kappa shape index (κ1) is 63.0. The standard InChI is InChI=1S/C18H22O5.C17H20O5.C12H18O2.C10H16O5/c1-3-5-6-7-8-12-9-13-10-14(17(20)22-4-2)18(21)23-16(13)11-15(12)19;1-3-4-5-6-7-11-8-12-9-13(16(18)19)17(20)22-15(12)10-14(11)21-2;1-2-3-4-5-6-10-7-8-11(13)9-12(10)14;1-4-11-9-10(15-13-6-3)7-8-14-12-5-2/h9-11,19H,3-8H2,1-2H3;8-10H,3-7H2,1-2H3,(H,18,19);7-9,13-14H,2-6H2,1H3;9H,4-6H2,1-3H3/b;;;10-9+. The summed E-state index contributed by atoms with van der Waals surface area (Å²) in [4.78, 5) is 64.8. The molecule has 0 fully saturated rings. The minimum atomic E-state index is -1.28. The first-order valence-corrected chi connectivity index (χ1v) is 25.5. The molecule has 0 amide bonds. The summed E-state index contributed by atoms with van der Waals surface area (Å²) in [6, 6.07) is 14.3. The molecule has 0 saturated carbocycles. The van der Waals surface area contributed by atoms with E-state index in [0.29, 0.717) is 41.9 Å². The highest BCUT2D eigenvalue weighted by Crippen LogP contribution is 2.29. The summed E-state index contributed by atoms with van der Waals surface area (Å²) in [6.45, 7) is 15.1. The monoisotopic (exact) mass is 1030 g/mol. The van der Waals surface area contributed by atoms with Crippen molar-refractivity contribution >= 4 is 33.9 Å². The smallest absolute Gasteiger partial charge is 0.351 e. The van der Waals surface area contributed by atoms with Crippen LogP contribution < -0.4 is 16.0 Å². The zero-order valence-corrected chi connectivity index (χ0v) is 44.3. The van der Waals surface area contributed by atoms with Gasteiger partial charge in [0.25, 0.3) is 5.76 Å². The average Bonchev–Trinajstić information content (AvgIpc) is 3.38. The highest BCUT2D eigenvalue weighted by atomic mass is 17.2. The normalized spacial score (nSPS) is 10.6. The SMILES string of the molecule is CCCCCCc1cc2cc(C(=O)O)c(=O)oc2cc1OC.CCCCCCc1cc2cc(C(=O)OCC)c(=O)oc2cc1O.CCCCCCc1ccc(O)cc1O.CCO/C=C(\C#COOCC)OOCC. The number of phenols is 3. The highest BCUT2D eigenvalue weighted by molar-refractivity contribution is 5.93. The molecule has 0 aliphatic heterocycles. The molecule has 4 N–H and O–H groups in total. The zero-order valence-electron chi connectivity index (χ0n) is 44.3. The second-order valence-electron chi connectivity index (χ2n) is 16.5. The van der Waals surface area contributed by atoms with Crippen molar-refractivity contribution in [3.05, 3.63) is 115 Å². The van der Waals surface area contributed by atoms with Gasteiger partial charge in [-0.3, -0.25) is 4.89 Å². The number of carboxylic acids is 1. The molecule has 17 nitrogen and oxygen atoms in total. The van der Waals surface area contributed by atoms with Gasteiger partial charge >= 0.3 is 23.2 Å². The molecular formula is C57H76O17. The summed E-state index contributed by atoms with van der Waals surface area (Å²) in [6.07, 6.45) is 19.8. The van der Waals surface area contributed by atoms with Crippen LogP contribution in [0.1, 0.15) is 163 Å². The average molecular weight is 1030 g/mol. The molecule has 406 valence electrons. The number of aryl methyl sites for hydroxylation is 3. The van der Waals surface area contributed by atoms with E-state index in [0.717, 1.165) is 80.9 Å². The zero-order chi connectivity index (χ0) is 54.7. The molecular weight excluding hydrogens is 957 g/mol. The number of rotatable bonds is 26. The number of hydrogen-bond acceptors (Lipinski definition) is 16. The maximum atomic E-state index is 11.8. The van der Waals surface area contributed by atoms with Crippen LogP contribution in [-0.4, -0.2) is 65.9 Å². The molecule has 5 aromatic rings. The third-order valence-corrected chi connectivity index (χ3v) is 10.8. The number of fused-ring (bicyclic) bond motifs is 2. The summed E-state index contributed by atoms with van der Waals surface area (Å²) in [5.41, 5.74) is 1.23. The first-order valence-electron chi connectivity index (χ1n) is 25.5. The number of unbranched alkanes of at least 4 members (excludes halogenated alkanes) is 9. The van der Waals surface area contributed by atoms with Gasteiger partial charge in [-0.25, -0.2) is 19.2 Å². The van der Waals surface area contributed by atoms with Gasteiger partial charge in [-0.1, -0.05) is 84.6 Å². The predicted octanol–water partition coefficient (Wildman–Crippen LogP) is 12.4. The Morgan fingerprint density at radius 1 is 0.595 bits per heavy atom. The lowest BCUT2D eigenvalue weighted by molar-refractivity contribution is -0.255. The lowest BCUT2D eigenvalue weighted by Crippen LogP contribution is -2.16. The van der Waals surface area contributed by atoms with Crippen LogP contribution in [0.5, 0.6) is 23.0 Å². The van der Waals surface area contributed by atoms with Gasteiger partial charge in [0.1, 0.15) is 51.6 Å². The Balaban J connectivity index is 0.000000346. The Bertz CT molecular complexity index is 2670. The predicted molar refractivity (Wildman–Crippen MR) is 282 cm³/mol. The van der Waals surface area contributed by atoms with Gasteiger partial charge in [0, 0.05) is 34.9 Å². The largest absolute Gasteiger partial charge is 0.508 e. The van der Waals surface area contributed by atoms with Gasteiger partial charge in [0.05, 0.1) is 33.5 Å². The van der Waals surface area contributed by atoms with Gasteiger partial charge < -0.3 is 48.4 Å². The van der Waals surface area contributed by atoms with Gasteiger partial charge in [0.2, 0.25) is 0 Å². The lowest BCUT2D eigenvalue weighted by Gasteiger charge is -2.10. The number of benzene rings is 3. The van der Waals surface area contributed by atoms with Crippen molar-refractivity contribution in [1.29, 1.82) is 0 Å². The Kier molecular flexibility index (Phi) is 31.2. The quantitative estimate of drug-likeness (QED) is 0.00765. The van der Waals surface area contributed by atoms with Crippen molar-refractivity contribution in [3.63, 3.8) is 0 Å². The number of carboxylic acid groups (broad SMARTS) is 1. The fourth-order valence-corrected chi connectivity index (χ4v) is 6.99. The molecule has 0 unspecified atom stereocenters. The Morgan fingerprint density at radius 3 is 1.68 bits per heavy atom. The number of aromatic carboxylic acids is 1. The summed E-state index contributed by atoms with van der Waals surface area (Å²) < 4.78 is 25.4. The van der Waals surface area contributed by atoms with Crippen molar-refractivity contribution in [3.8, 4) is 35.0 Å². The molecule has 0 aliphatic carbocycles. The third kappa shape index (κ3) is 23.2. The number of ether oxygens (including phenoxy) is 3. The Labute approximate surface area is 433 Å². The second kappa shape index (κ2) is 36.7. The van der Waals surface area contributed by atoms with E-state index in [1.54, 1.807) is 52.1 Å². The van der Waals surface area contributed by atoms with Crippen LogP contribution in [0.2, 0.25) is 0 Å². The molecule has 0 radical (unpaired) electrons. The van der Waals surface area contributed by atoms with E-state index < -0.39 is 23.2 Å². The van der Waals surface area contributed by atoms with E-state index in [1.807, 2.05) is 13.0 Å². The molecule has 17 heteroatoms. The van der Waals surface area contributed by atoms with Gasteiger partial charge in [-0.15, -0.1) is 0 Å². The van der Waals surface area contributed by atoms with E-state index in [2.05, 4.69) is 42.6 Å². The van der Waals surface area contributed by atoms with Crippen molar-refractivity contribution in [2.75, 3.05) is 33.5 Å². The van der Waals surface area contributed by atoms with Crippen LogP contribution >= 0.6 is 0 Å². The highest BCUT2D eigenvalue weighted by Gasteiger charge is 2.17. The molecule has 0 bridgehead atoms. The van der Waals surface area contributed by atoms with Crippen LogP contribution in [0.25, 0.3) is 21.9 Å². The lowest BCUT2D eigenvalue weighted by atomic mass is 10.0. The second-order valence-corrected chi connectivity index (χ2v) is 16.5. The van der Waals surface area contributed by atoms with Crippen molar-refractivity contribution in [1.82, 2.24) is 0 Å². The Hall–Kier alpha value is -7.16. The molecule has 0 aliphatic rings. The van der Waals surface area contributed by atoms with Crippen LogP contribution in [0.3, 0.4) is 0 Å². The number of methoxy groups -OCH3 is 1. The molecule has 0 spiro atoms. The van der Waals surface area contributed by atoms with E-state index in [9.17, 15) is 29.4 Å². The number of phenolic OH excluding ortho intramolecular Hbond substituents is 3. The summed E-state index contributed by atoms with van der Waals surface area (Å²) in [5.74, 6) is 1.87. The fourth-order valence-electron chi connectivity index (χ4n) is 6.99. The third-order valence-electron chi connectivity index (χ3n) is 10.8. The van der Waals surface area contributed by atoms with E-state index in [4.69, 9.17) is 43.0 Å². The molecule has 3 aromatic carbocycles. The Morgan fingerprint density at radius 2 is 1.14 bits per heavy atom. The fraction of sp³-hybridized carbons (Fsp3) is 0.474. The number of carbonyl (C=O) groups excluding carboxylic acids is 1. The van der Waals surface area contributed by atoms with Crippen LogP contribution in [0.4, 0.5) is 0 Å². The molecule has 0 atom stereocenters. The minimum Gasteiger partial charge on any atom is -0.508 e. The van der Waals surface area contributed by atoms with Crippen LogP contribution in [0.15, 0.2) is 85.0 Å². The maximum Gasteiger partial charge on any atom is 0.351 e. The molecule has 2 aromatic heterocycles. The summed E-state index contributed by atoms with van der Waals surface area (Å²) >= 11 is 0. The van der Waals surface area contributed by atoms with Gasteiger partial charge in [-0.05, 0) is 113 Å². The van der Waals surface area contributed by atoms with E-state index >= 15 is 0 Å². The number of carbonyl (C=O) groups is 2.